The van der Waals surface area contributed by atoms with E-state index in [1.807, 2.05) is 54.6 Å². The molecule has 35 heavy (non-hydrogen) atoms. The molecule has 0 radical (unpaired) electrons. The number of amides is 2. The lowest BCUT2D eigenvalue weighted by molar-refractivity contribution is -0.121. The highest BCUT2D eigenvalue weighted by molar-refractivity contribution is 6.03. The fourth-order valence-corrected chi connectivity index (χ4v) is 4.01. The Bertz CT molecular complexity index is 1160. The third-order valence-electron chi connectivity index (χ3n) is 5.88. The molecular weight excluding hydrogens is 443 g/mol. The van der Waals surface area contributed by atoms with Crippen LogP contribution in [-0.4, -0.2) is 31.1 Å². The molecule has 1 heterocycles. The lowest BCUT2D eigenvalue weighted by Gasteiger charge is -2.22. The number of anilines is 1. The number of rotatable bonds is 9. The topological polar surface area (TPSA) is 58.6 Å². The number of nitrogens with one attached hydrogen (secondary N) is 1. The Labute approximate surface area is 205 Å². The number of hydrogen-bond donors (Lipinski definition) is 1. The van der Waals surface area contributed by atoms with Gasteiger partial charge in [-0.25, -0.2) is 4.39 Å². The first-order chi connectivity index (χ1) is 17.1. The first-order valence-corrected chi connectivity index (χ1v) is 11.8. The number of carbonyl (C=O) groups excluding carboxylic acids is 2. The fourth-order valence-electron chi connectivity index (χ4n) is 4.01. The number of carbonyl (C=O) groups is 2. The summed E-state index contributed by atoms with van der Waals surface area (Å²) in [5.41, 5.74) is 3.11. The minimum absolute atomic E-state index is 0.0632. The number of halogens is 1. The summed E-state index contributed by atoms with van der Waals surface area (Å²) in [6, 6.07) is 23.1. The number of nitrogens with zero attached hydrogens (tertiary/aromatic N) is 1. The molecule has 1 atom stereocenters. The zero-order valence-electron chi connectivity index (χ0n) is 19.5. The van der Waals surface area contributed by atoms with E-state index in [2.05, 4.69) is 5.32 Å². The molecule has 0 saturated carbocycles. The van der Waals surface area contributed by atoms with E-state index in [1.165, 1.54) is 18.2 Å². The normalized spacial score (nSPS) is 15.3. The smallest absolute Gasteiger partial charge is 0.251 e. The van der Waals surface area contributed by atoms with Crippen LogP contribution in [0, 0.1) is 5.82 Å². The van der Waals surface area contributed by atoms with Crippen LogP contribution in [0.5, 0.6) is 0 Å². The van der Waals surface area contributed by atoms with E-state index in [-0.39, 0.29) is 36.7 Å². The minimum Gasteiger partial charge on any atom is -0.376 e. The van der Waals surface area contributed by atoms with Crippen molar-refractivity contribution in [1.29, 1.82) is 0 Å². The molecule has 180 valence electrons. The van der Waals surface area contributed by atoms with Gasteiger partial charge in [-0.3, -0.25) is 9.59 Å². The number of benzene rings is 3. The van der Waals surface area contributed by atoms with Gasteiger partial charge in [0.15, 0.2) is 0 Å². The molecule has 6 heteroatoms. The maximum Gasteiger partial charge on any atom is 0.251 e. The van der Waals surface area contributed by atoms with Gasteiger partial charge in [-0.15, -0.1) is 0 Å². The van der Waals surface area contributed by atoms with Crippen molar-refractivity contribution in [3.63, 3.8) is 0 Å². The summed E-state index contributed by atoms with van der Waals surface area (Å²) in [5, 5.41) is 2.93. The summed E-state index contributed by atoms with van der Waals surface area (Å²) in [4.78, 5) is 27.1. The van der Waals surface area contributed by atoms with Gasteiger partial charge in [0.2, 0.25) is 5.91 Å². The van der Waals surface area contributed by atoms with Crippen LogP contribution in [0.1, 0.15) is 29.5 Å². The van der Waals surface area contributed by atoms with Crippen LogP contribution in [-0.2, 0) is 27.3 Å². The van der Waals surface area contributed by atoms with Gasteiger partial charge in [-0.05, 0) is 59.9 Å². The van der Waals surface area contributed by atoms with Crippen molar-refractivity contribution in [2.45, 2.75) is 31.9 Å². The van der Waals surface area contributed by atoms with Crippen molar-refractivity contribution in [2.75, 3.05) is 18.1 Å². The van der Waals surface area contributed by atoms with Crippen molar-refractivity contribution < 1.29 is 18.7 Å². The van der Waals surface area contributed by atoms with Crippen LogP contribution in [0.3, 0.4) is 0 Å². The zero-order valence-corrected chi connectivity index (χ0v) is 19.5. The van der Waals surface area contributed by atoms with Gasteiger partial charge in [-0.1, -0.05) is 54.6 Å². The molecule has 4 rings (SSSR count). The van der Waals surface area contributed by atoms with E-state index < -0.39 is 0 Å². The van der Waals surface area contributed by atoms with Gasteiger partial charge in [0.1, 0.15) is 5.82 Å². The minimum atomic E-state index is -0.348. The Morgan fingerprint density at radius 1 is 1.00 bits per heavy atom. The fraction of sp³-hybridized carbons (Fsp3) is 0.241. The summed E-state index contributed by atoms with van der Waals surface area (Å²) in [6.07, 6.45) is 5.64. The maximum absolute atomic E-state index is 13.8. The molecule has 2 amide bonds. The summed E-state index contributed by atoms with van der Waals surface area (Å²) in [7, 11) is 0. The lowest BCUT2D eigenvalue weighted by Crippen LogP contribution is -2.32. The molecule has 3 aromatic carbocycles. The van der Waals surface area contributed by atoms with Gasteiger partial charge in [-0.2, -0.15) is 0 Å². The van der Waals surface area contributed by atoms with Crippen LogP contribution in [0.4, 0.5) is 10.1 Å². The number of ether oxygens (including phenoxy) is 1. The second kappa shape index (κ2) is 12.1. The number of hydrogen-bond acceptors (Lipinski definition) is 3. The van der Waals surface area contributed by atoms with Crippen molar-refractivity contribution >= 4 is 23.6 Å². The van der Waals surface area contributed by atoms with E-state index in [1.54, 1.807) is 23.1 Å². The Hall–Kier alpha value is -3.77. The molecule has 0 spiro atoms. The SMILES string of the molecule is O=C(Cc1ccc(N(Cc2cccc(F)c2)C(=O)/C=C/c2ccccc2)cc1)NC[C@@H]1CCCO1. The second-order valence-electron chi connectivity index (χ2n) is 8.58. The van der Waals surface area contributed by atoms with E-state index in [9.17, 15) is 14.0 Å². The summed E-state index contributed by atoms with van der Waals surface area (Å²) in [5.74, 6) is -0.633. The zero-order chi connectivity index (χ0) is 24.5. The standard InChI is InChI=1S/C29H29FN2O3/c30-25-9-4-8-24(18-25)21-32(29(34)16-13-22-6-2-1-3-7-22)26-14-11-23(12-15-26)19-28(33)31-20-27-10-5-17-35-27/h1-4,6-9,11-16,18,27H,5,10,17,19-21H2,(H,31,33)/b16-13+/t27-/m0/s1. The van der Waals surface area contributed by atoms with Crippen molar-refractivity contribution in [3.8, 4) is 0 Å². The lowest BCUT2D eigenvalue weighted by atomic mass is 10.1. The van der Waals surface area contributed by atoms with Crippen LogP contribution in [0.25, 0.3) is 6.08 Å². The molecule has 0 aromatic heterocycles. The predicted octanol–water partition coefficient (Wildman–Crippen LogP) is 4.91. The Morgan fingerprint density at radius 3 is 2.51 bits per heavy atom. The second-order valence-corrected chi connectivity index (χ2v) is 8.58. The van der Waals surface area contributed by atoms with Crippen molar-refractivity contribution in [2.24, 2.45) is 0 Å². The molecule has 5 nitrogen and oxygen atoms in total. The molecule has 3 aromatic rings. The van der Waals surface area contributed by atoms with Gasteiger partial charge in [0, 0.05) is 24.9 Å². The van der Waals surface area contributed by atoms with E-state index in [4.69, 9.17) is 4.74 Å². The average Bonchev–Trinajstić information content (AvgIpc) is 3.40. The molecular formula is C29H29FN2O3. The van der Waals surface area contributed by atoms with E-state index in [0.717, 1.165) is 30.6 Å². The van der Waals surface area contributed by atoms with E-state index in [0.29, 0.717) is 17.8 Å². The Balaban J connectivity index is 1.46. The van der Waals surface area contributed by atoms with Gasteiger partial charge >= 0.3 is 0 Å². The molecule has 1 saturated heterocycles. The molecule has 1 N–H and O–H groups in total. The molecule has 1 aliphatic heterocycles. The van der Waals surface area contributed by atoms with Gasteiger partial charge in [0.25, 0.3) is 5.91 Å². The van der Waals surface area contributed by atoms with Crippen molar-refractivity contribution in [3.05, 3.63) is 107 Å². The van der Waals surface area contributed by atoms with Crippen LogP contribution >= 0.6 is 0 Å². The molecule has 0 aliphatic carbocycles. The first kappa shape index (κ1) is 24.4. The van der Waals surface area contributed by atoms with E-state index >= 15 is 0 Å². The quantitative estimate of drug-likeness (QED) is 0.450. The highest BCUT2D eigenvalue weighted by Gasteiger charge is 2.17. The predicted molar refractivity (Wildman–Crippen MR) is 135 cm³/mol. The molecule has 1 fully saturated rings. The average molecular weight is 473 g/mol. The van der Waals surface area contributed by atoms with Gasteiger partial charge in [0.05, 0.1) is 19.1 Å². The Morgan fingerprint density at radius 2 is 1.80 bits per heavy atom. The third kappa shape index (κ3) is 7.36. The first-order valence-electron chi connectivity index (χ1n) is 11.8. The summed E-state index contributed by atoms with van der Waals surface area (Å²) < 4.78 is 19.3. The molecule has 0 bridgehead atoms. The highest BCUT2D eigenvalue weighted by atomic mass is 19.1. The van der Waals surface area contributed by atoms with Crippen LogP contribution < -0.4 is 10.2 Å². The van der Waals surface area contributed by atoms with Crippen molar-refractivity contribution in [1.82, 2.24) is 5.32 Å². The summed E-state index contributed by atoms with van der Waals surface area (Å²) >= 11 is 0. The maximum atomic E-state index is 13.8. The van der Waals surface area contributed by atoms with Gasteiger partial charge < -0.3 is 15.0 Å². The summed E-state index contributed by atoms with van der Waals surface area (Å²) in [6.45, 7) is 1.50. The molecule has 1 aliphatic rings. The molecule has 0 unspecified atom stereocenters. The Kier molecular flexibility index (Phi) is 8.41. The third-order valence-corrected chi connectivity index (χ3v) is 5.88. The largest absolute Gasteiger partial charge is 0.376 e. The highest BCUT2D eigenvalue weighted by Crippen LogP contribution is 2.20. The monoisotopic (exact) mass is 472 g/mol. The van der Waals surface area contributed by atoms with Crippen LogP contribution in [0.15, 0.2) is 84.9 Å². The van der Waals surface area contributed by atoms with Crippen LogP contribution in [0.2, 0.25) is 0 Å².